The van der Waals surface area contributed by atoms with E-state index in [2.05, 4.69) is 22.7 Å². The van der Waals surface area contributed by atoms with Gasteiger partial charge in [-0.15, -0.1) is 0 Å². The number of amides is 1. The Morgan fingerprint density at radius 1 is 0.806 bits per heavy atom. The molecule has 2 atom stereocenters. The molecule has 0 aromatic carbocycles. The summed E-state index contributed by atoms with van der Waals surface area (Å²) in [4.78, 5) is 53.7. The van der Waals surface area contributed by atoms with Crippen LogP contribution in [0.15, 0.2) is 0 Å². The molecule has 0 aliphatic heterocycles. The van der Waals surface area contributed by atoms with Crippen molar-refractivity contribution in [3.63, 3.8) is 0 Å². The summed E-state index contributed by atoms with van der Waals surface area (Å²) in [5.74, 6) is -0.198. The first-order valence-corrected chi connectivity index (χ1v) is 19.5. The van der Waals surface area contributed by atoms with E-state index in [1.54, 1.807) is 0 Å². The minimum Gasteiger partial charge on any atom is -0.0122 e. The minimum atomic E-state index is -1.42. The summed E-state index contributed by atoms with van der Waals surface area (Å²) in [6.45, 7) is 8.15. The van der Waals surface area contributed by atoms with E-state index in [0.29, 0.717) is 67.5 Å². The number of carbonyl (C=O) groups excluding carboxylic acids is 4. The van der Waals surface area contributed by atoms with Crippen LogP contribution in [0.1, 0.15) is 91.9 Å². The molecular formula is C26H46I2N2O6. The van der Waals surface area contributed by atoms with Crippen molar-refractivity contribution in [2.45, 2.75) is 116 Å². The van der Waals surface area contributed by atoms with Crippen molar-refractivity contribution in [3.05, 3.63) is 0 Å². The Balaban J connectivity index is 2.48. The average molecular weight is 736 g/mol. The Morgan fingerprint density at radius 2 is 1.25 bits per heavy atom. The molecule has 1 aliphatic rings. The van der Waals surface area contributed by atoms with Crippen LogP contribution in [0.25, 0.3) is 0 Å². The van der Waals surface area contributed by atoms with Gasteiger partial charge >= 0.3 is 153 Å². The second kappa shape index (κ2) is 17.9. The average Bonchev–Trinajstić information content (AvgIpc) is 2.80. The van der Waals surface area contributed by atoms with Gasteiger partial charge in [-0.3, -0.25) is 4.79 Å². The zero-order chi connectivity index (χ0) is 27.3. The Labute approximate surface area is 238 Å². The SMILES string of the molecule is CC(C)CC(NI)C(=O)OC1CCC(OC(=O)C(CC(C)C)NC(=O)CCCCC(=O)I(C)C)CC1. The summed E-state index contributed by atoms with van der Waals surface area (Å²) in [6.07, 6.45) is 5.59. The van der Waals surface area contributed by atoms with Gasteiger partial charge in [0, 0.05) is 22.9 Å². The molecule has 0 aromatic rings. The summed E-state index contributed by atoms with van der Waals surface area (Å²) < 4.78 is 14.8. The van der Waals surface area contributed by atoms with Crippen LogP contribution in [0, 0.1) is 11.8 Å². The third-order valence-electron chi connectivity index (χ3n) is 6.09. The molecule has 0 spiro atoms. The van der Waals surface area contributed by atoms with Crippen LogP contribution in [0.2, 0.25) is 0 Å². The molecule has 1 amide bonds. The van der Waals surface area contributed by atoms with Crippen LogP contribution in [0.5, 0.6) is 0 Å². The van der Waals surface area contributed by atoms with Gasteiger partial charge in [0.15, 0.2) is 0 Å². The second-order valence-corrected chi connectivity index (χ2v) is 16.8. The van der Waals surface area contributed by atoms with Crippen molar-refractivity contribution < 1.29 is 28.7 Å². The van der Waals surface area contributed by atoms with E-state index in [-0.39, 0.29) is 36.0 Å². The number of rotatable bonds is 16. The Bertz CT molecular complexity index is 709. The summed E-state index contributed by atoms with van der Waals surface area (Å²) in [5, 5.41) is 2.85. The van der Waals surface area contributed by atoms with Crippen molar-refractivity contribution >= 4 is 64.3 Å². The Morgan fingerprint density at radius 3 is 1.69 bits per heavy atom. The fourth-order valence-corrected chi connectivity index (χ4v) is 6.08. The predicted octanol–water partition coefficient (Wildman–Crippen LogP) is 5.12. The fourth-order valence-electron chi connectivity index (χ4n) is 4.11. The van der Waals surface area contributed by atoms with Gasteiger partial charge in [-0.1, -0.05) is 13.8 Å². The smallest absolute Gasteiger partial charge is 0.0122 e. The molecule has 1 fully saturated rings. The third kappa shape index (κ3) is 13.9. The molecule has 0 aromatic heterocycles. The van der Waals surface area contributed by atoms with Gasteiger partial charge < -0.3 is 4.74 Å². The van der Waals surface area contributed by atoms with Crippen LogP contribution in [-0.4, -0.2) is 55.8 Å². The molecule has 1 saturated carbocycles. The topological polar surface area (TPSA) is 111 Å². The first-order chi connectivity index (χ1) is 16.9. The molecule has 0 saturated heterocycles. The predicted molar refractivity (Wildman–Crippen MR) is 159 cm³/mol. The molecular weight excluding hydrogens is 690 g/mol. The quantitative estimate of drug-likeness (QED) is 0.0566. The van der Waals surface area contributed by atoms with Crippen molar-refractivity contribution in [1.82, 2.24) is 8.85 Å². The molecule has 210 valence electrons. The molecule has 36 heavy (non-hydrogen) atoms. The van der Waals surface area contributed by atoms with Crippen molar-refractivity contribution in [2.75, 3.05) is 9.86 Å². The number of carbonyl (C=O) groups is 4. The molecule has 2 unspecified atom stereocenters. The zero-order valence-electron chi connectivity index (χ0n) is 22.7. The number of ether oxygens (including phenoxy) is 2. The second-order valence-electron chi connectivity index (χ2n) is 10.6. The summed E-state index contributed by atoms with van der Waals surface area (Å²) in [7, 11) is 0. The van der Waals surface area contributed by atoms with Gasteiger partial charge in [0.25, 0.3) is 0 Å². The number of nitrogens with one attached hydrogen (secondary N) is 2. The van der Waals surface area contributed by atoms with E-state index < -0.39 is 31.8 Å². The number of halogens is 2. The van der Waals surface area contributed by atoms with Crippen LogP contribution in [0.4, 0.5) is 0 Å². The number of alkyl halides is 2. The fraction of sp³-hybridized carbons (Fsp3) is 0.846. The van der Waals surface area contributed by atoms with Crippen molar-refractivity contribution in [1.29, 1.82) is 0 Å². The number of hydrogen-bond acceptors (Lipinski definition) is 7. The molecule has 0 heterocycles. The monoisotopic (exact) mass is 736 g/mol. The maximum atomic E-state index is 12.9. The number of hydrogen-bond donors (Lipinski definition) is 2. The van der Waals surface area contributed by atoms with Crippen LogP contribution in [0.3, 0.4) is 0 Å². The summed E-state index contributed by atoms with van der Waals surface area (Å²) >= 11 is 0.576. The van der Waals surface area contributed by atoms with Gasteiger partial charge in [-0.25, -0.2) is 3.53 Å². The molecule has 1 rings (SSSR count). The van der Waals surface area contributed by atoms with E-state index in [9.17, 15) is 19.2 Å². The van der Waals surface area contributed by atoms with Gasteiger partial charge in [-0.2, -0.15) is 0 Å². The van der Waals surface area contributed by atoms with Gasteiger partial charge in [0.05, 0.1) is 0 Å². The summed E-state index contributed by atoms with van der Waals surface area (Å²) in [5.41, 5.74) is 0. The number of unbranched alkanes of at least 4 members (excludes halogenated alkanes) is 1. The van der Waals surface area contributed by atoms with E-state index in [1.807, 2.05) is 46.6 Å². The Hall–Kier alpha value is -0.500. The van der Waals surface area contributed by atoms with E-state index in [0.717, 1.165) is 6.42 Å². The van der Waals surface area contributed by atoms with Crippen LogP contribution < -0.4 is 8.85 Å². The maximum absolute atomic E-state index is 12.9. The normalized spacial score (nSPS) is 20.0. The van der Waals surface area contributed by atoms with Crippen LogP contribution >= 0.6 is 42.7 Å². The Kier molecular flexibility index (Phi) is 16.7. The molecule has 1 aliphatic carbocycles. The van der Waals surface area contributed by atoms with E-state index in [4.69, 9.17) is 9.47 Å². The third-order valence-corrected chi connectivity index (χ3v) is 9.78. The molecule has 8 nitrogen and oxygen atoms in total. The summed E-state index contributed by atoms with van der Waals surface area (Å²) in [6, 6.07) is -0.996. The van der Waals surface area contributed by atoms with Gasteiger partial charge in [0.1, 0.15) is 12.1 Å². The van der Waals surface area contributed by atoms with Crippen LogP contribution in [-0.2, 0) is 28.7 Å². The molecule has 10 heteroatoms. The van der Waals surface area contributed by atoms with Crippen molar-refractivity contribution in [3.8, 4) is 0 Å². The standard InChI is InChI=1S/C26H46I2N2O6/c1-17(2)15-21(29-24(32)10-8-7-9-23(31)28(5)6)25(33)35-19-11-13-20(14-12-19)36-26(34)22(30-27)16-18(3)4/h17-22,30H,7-16H2,1-6H3,(H,29,32). The van der Waals surface area contributed by atoms with Gasteiger partial charge in [-0.05, 0) is 25.2 Å². The van der Waals surface area contributed by atoms with E-state index in [1.165, 1.54) is 0 Å². The molecule has 0 bridgehead atoms. The van der Waals surface area contributed by atoms with E-state index >= 15 is 0 Å². The number of esters is 2. The van der Waals surface area contributed by atoms with Crippen molar-refractivity contribution in [2.24, 2.45) is 11.8 Å². The molecule has 2 N–H and O–H groups in total. The zero-order valence-corrected chi connectivity index (χ0v) is 27.1. The molecule has 0 radical (unpaired) electrons. The minimum absolute atomic E-state index is 0.163. The van der Waals surface area contributed by atoms with Gasteiger partial charge in [0.2, 0.25) is 0 Å². The first-order valence-electron chi connectivity index (χ1n) is 13.0. The first kappa shape index (κ1) is 33.5.